The second-order valence-electron chi connectivity index (χ2n) is 7.35. The number of methoxy groups -OCH3 is 1. The first-order valence-electron chi connectivity index (χ1n) is 8.66. The van der Waals surface area contributed by atoms with Crippen LogP contribution < -0.4 is 0 Å². The van der Waals surface area contributed by atoms with Gasteiger partial charge in [-0.2, -0.15) is 0 Å². The lowest BCUT2D eigenvalue weighted by Crippen LogP contribution is -2.44. The molecule has 0 bridgehead atoms. The summed E-state index contributed by atoms with van der Waals surface area (Å²) in [6.45, 7) is 3.72. The van der Waals surface area contributed by atoms with Gasteiger partial charge in [-0.3, -0.25) is 9.59 Å². The molecule has 2 saturated heterocycles. The highest BCUT2D eigenvalue weighted by Gasteiger charge is 2.39. The van der Waals surface area contributed by atoms with Gasteiger partial charge in [0.15, 0.2) is 0 Å². The first-order valence-corrected chi connectivity index (χ1v) is 8.66. The molecule has 2 amide bonds. The van der Waals surface area contributed by atoms with Crippen LogP contribution in [-0.2, 0) is 14.3 Å². The maximum absolute atomic E-state index is 12.3. The van der Waals surface area contributed by atoms with E-state index < -0.39 is 0 Å². The van der Waals surface area contributed by atoms with Gasteiger partial charge in [-0.05, 0) is 49.9 Å². The van der Waals surface area contributed by atoms with E-state index in [0.29, 0.717) is 12.3 Å². The molecule has 3 aliphatic rings. The van der Waals surface area contributed by atoms with Crippen LogP contribution in [0.3, 0.4) is 0 Å². The zero-order chi connectivity index (χ0) is 15.6. The largest absolute Gasteiger partial charge is 0.375 e. The molecule has 0 aromatic heterocycles. The lowest BCUT2D eigenvalue weighted by atomic mass is 9.73. The highest BCUT2D eigenvalue weighted by Crippen LogP contribution is 2.42. The Morgan fingerprint density at radius 2 is 1.86 bits per heavy atom. The second-order valence-corrected chi connectivity index (χ2v) is 7.35. The van der Waals surface area contributed by atoms with E-state index in [-0.39, 0.29) is 17.9 Å². The Bertz CT molecular complexity index is 426. The predicted octanol–water partition coefficient (Wildman–Crippen LogP) is 1.66. The smallest absolute Gasteiger partial charge is 0.248 e. The van der Waals surface area contributed by atoms with E-state index in [9.17, 15) is 9.59 Å². The van der Waals surface area contributed by atoms with Gasteiger partial charge >= 0.3 is 0 Å². The summed E-state index contributed by atoms with van der Waals surface area (Å²) in [5.41, 5.74) is 0.276. The van der Waals surface area contributed by atoms with Crippen molar-refractivity contribution < 1.29 is 14.3 Å². The number of carbonyl (C=O) groups is 2. The number of nitrogens with zero attached hydrogens (tertiary/aromatic N) is 2. The summed E-state index contributed by atoms with van der Waals surface area (Å²) in [6, 6.07) is 0. The minimum atomic E-state index is 0.0948. The predicted molar refractivity (Wildman–Crippen MR) is 83.3 cm³/mol. The Kier molecular flexibility index (Phi) is 4.71. The molecule has 1 spiro atoms. The third-order valence-corrected chi connectivity index (χ3v) is 5.75. The number of ether oxygens (including phenoxy) is 1. The van der Waals surface area contributed by atoms with Crippen molar-refractivity contribution in [2.45, 2.75) is 44.9 Å². The second kappa shape index (κ2) is 6.57. The molecular formula is C17H28N2O3. The molecule has 0 aromatic rings. The third-order valence-electron chi connectivity index (χ3n) is 5.75. The summed E-state index contributed by atoms with van der Waals surface area (Å²) >= 11 is 0. The summed E-state index contributed by atoms with van der Waals surface area (Å²) in [4.78, 5) is 28.2. The van der Waals surface area contributed by atoms with Crippen LogP contribution in [0.2, 0.25) is 0 Å². The zero-order valence-electron chi connectivity index (χ0n) is 13.7. The number of rotatable bonds is 4. The number of hydrogen-bond acceptors (Lipinski definition) is 3. The first-order chi connectivity index (χ1) is 10.6. The van der Waals surface area contributed by atoms with Crippen molar-refractivity contribution in [2.75, 3.05) is 39.9 Å². The van der Waals surface area contributed by atoms with Crippen molar-refractivity contribution >= 4 is 11.8 Å². The van der Waals surface area contributed by atoms with Crippen LogP contribution >= 0.6 is 0 Å². The number of hydrogen-bond donors (Lipinski definition) is 0. The third kappa shape index (κ3) is 3.62. The summed E-state index contributed by atoms with van der Waals surface area (Å²) in [5, 5.41) is 0. The fourth-order valence-corrected chi connectivity index (χ4v) is 3.90. The van der Waals surface area contributed by atoms with Crippen molar-refractivity contribution in [1.29, 1.82) is 0 Å². The maximum Gasteiger partial charge on any atom is 0.248 e. The number of amides is 2. The highest BCUT2D eigenvalue weighted by molar-refractivity contribution is 5.78. The lowest BCUT2D eigenvalue weighted by Gasteiger charge is -2.41. The van der Waals surface area contributed by atoms with Gasteiger partial charge in [-0.15, -0.1) is 0 Å². The molecule has 1 aliphatic carbocycles. The number of carbonyl (C=O) groups excluding carboxylic acids is 2. The molecule has 5 heteroatoms. The van der Waals surface area contributed by atoms with E-state index in [1.54, 1.807) is 7.11 Å². The van der Waals surface area contributed by atoms with Crippen molar-refractivity contribution in [3.63, 3.8) is 0 Å². The van der Waals surface area contributed by atoms with E-state index in [1.165, 1.54) is 12.8 Å². The van der Waals surface area contributed by atoms with E-state index in [1.807, 2.05) is 4.90 Å². The normalized spacial score (nSPS) is 25.4. The van der Waals surface area contributed by atoms with Crippen molar-refractivity contribution in [3.8, 4) is 0 Å². The van der Waals surface area contributed by atoms with Gasteiger partial charge in [0.25, 0.3) is 0 Å². The molecule has 0 aromatic carbocycles. The van der Waals surface area contributed by atoms with Crippen LogP contribution in [0, 0.1) is 11.3 Å². The van der Waals surface area contributed by atoms with Crippen LogP contribution in [-0.4, -0.2) is 61.5 Å². The van der Waals surface area contributed by atoms with Gasteiger partial charge in [0, 0.05) is 39.7 Å². The van der Waals surface area contributed by atoms with E-state index in [2.05, 4.69) is 4.90 Å². The molecular weight excluding hydrogens is 280 g/mol. The van der Waals surface area contributed by atoms with Gasteiger partial charge < -0.3 is 14.5 Å². The zero-order valence-corrected chi connectivity index (χ0v) is 13.7. The van der Waals surface area contributed by atoms with Crippen LogP contribution in [0.4, 0.5) is 0 Å². The topological polar surface area (TPSA) is 49.9 Å². The Labute approximate surface area is 133 Å². The molecule has 22 heavy (non-hydrogen) atoms. The molecule has 2 aliphatic heterocycles. The molecule has 0 N–H and O–H groups in total. The molecule has 0 unspecified atom stereocenters. The minimum Gasteiger partial charge on any atom is -0.375 e. The van der Waals surface area contributed by atoms with Gasteiger partial charge in [0.1, 0.15) is 6.61 Å². The molecule has 3 fully saturated rings. The molecule has 2 heterocycles. The van der Waals surface area contributed by atoms with Crippen LogP contribution in [0.15, 0.2) is 0 Å². The van der Waals surface area contributed by atoms with Gasteiger partial charge in [0.05, 0.1) is 0 Å². The Morgan fingerprint density at radius 1 is 1.18 bits per heavy atom. The van der Waals surface area contributed by atoms with Crippen LogP contribution in [0.5, 0.6) is 0 Å². The number of piperidine rings is 1. The monoisotopic (exact) mass is 308 g/mol. The first kappa shape index (κ1) is 15.8. The van der Waals surface area contributed by atoms with Crippen molar-refractivity contribution in [3.05, 3.63) is 0 Å². The van der Waals surface area contributed by atoms with Crippen molar-refractivity contribution in [2.24, 2.45) is 11.3 Å². The minimum absolute atomic E-state index is 0.0948. The van der Waals surface area contributed by atoms with Crippen LogP contribution in [0.25, 0.3) is 0 Å². The molecule has 0 atom stereocenters. The quantitative estimate of drug-likeness (QED) is 0.794. The molecule has 3 rings (SSSR count). The summed E-state index contributed by atoms with van der Waals surface area (Å²) < 4.78 is 4.94. The highest BCUT2D eigenvalue weighted by atomic mass is 16.5. The van der Waals surface area contributed by atoms with E-state index in [4.69, 9.17) is 4.74 Å². The van der Waals surface area contributed by atoms with E-state index in [0.717, 1.165) is 57.8 Å². The summed E-state index contributed by atoms with van der Waals surface area (Å²) in [6.07, 6.45) is 7.47. The van der Waals surface area contributed by atoms with Gasteiger partial charge in [-0.1, -0.05) is 0 Å². The Morgan fingerprint density at radius 3 is 2.50 bits per heavy atom. The SMILES string of the molecule is COCC(=O)N1CCC2(CCC(=O)N(CC3CC3)CC2)CC1. The molecule has 1 saturated carbocycles. The summed E-state index contributed by atoms with van der Waals surface area (Å²) in [5.74, 6) is 1.21. The molecule has 5 nitrogen and oxygen atoms in total. The van der Waals surface area contributed by atoms with Crippen LogP contribution in [0.1, 0.15) is 44.9 Å². The average molecular weight is 308 g/mol. The lowest BCUT2D eigenvalue weighted by molar-refractivity contribution is -0.137. The van der Waals surface area contributed by atoms with E-state index >= 15 is 0 Å². The standard InChI is InChI=1S/C17H28N2O3/c1-22-13-16(21)18-9-6-17(7-10-18)5-4-15(20)19(11-8-17)12-14-2-3-14/h14H,2-13H2,1H3. The molecule has 124 valence electrons. The van der Waals surface area contributed by atoms with Crippen molar-refractivity contribution in [1.82, 2.24) is 9.80 Å². The maximum atomic E-state index is 12.3. The Balaban J connectivity index is 1.54. The van der Waals surface area contributed by atoms with Gasteiger partial charge in [-0.25, -0.2) is 0 Å². The molecule has 0 radical (unpaired) electrons. The fraction of sp³-hybridized carbons (Fsp3) is 0.882. The average Bonchev–Trinajstić information content (AvgIpc) is 3.34. The number of likely N-dealkylation sites (tertiary alicyclic amines) is 2. The van der Waals surface area contributed by atoms with Gasteiger partial charge in [0.2, 0.25) is 11.8 Å². The fourth-order valence-electron chi connectivity index (χ4n) is 3.90. The Hall–Kier alpha value is -1.10. The summed E-state index contributed by atoms with van der Waals surface area (Å²) in [7, 11) is 1.56.